The van der Waals surface area contributed by atoms with Gasteiger partial charge in [0.1, 0.15) is 0 Å². The Kier molecular flexibility index (Phi) is 5.65. The average molecular weight is 273 g/mol. The van der Waals surface area contributed by atoms with Crippen LogP contribution < -0.4 is 5.32 Å². The van der Waals surface area contributed by atoms with Crippen LogP contribution in [0.15, 0.2) is 12.1 Å². The van der Waals surface area contributed by atoms with Crippen LogP contribution in [0.3, 0.4) is 0 Å². The molecule has 1 nitrogen and oxygen atoms in total. The molecule has 1 N–H and O–H groups in total. The smallest absolute Gasteiger partial charge is 0.0136 e. The van der Waals surface area contributed by atoms with Gasteiger partial charge in [0, 0.05) is 6.04 Å². The molecule has 0 radical (unpaired) electrons. The summed E-state index contributed by atoms with van der Waals surface area (Å²) < 4.78 is 0. The normalized spacial score (nSPS) is 18.2. The number of benzene rings is 1. The minimum Gasteiger partial charge on any atom is -0.314 e. The first-order chi connectivity index (χ1) is 9.61. The second-order valence-electron chi connectivity index (χ2n) is 6.64. The quantitative estimate of drug-likeness (QED) is 0.819. The third kappa shape index (κ3) is 3.85. The molecule has 112 valence electrons. The van der Waals surface area contributed by atoms with E-state index in [1.54, 1.807) is 5.56 Å². The van der Waals surface area contributed by atoms with E-state index in [4.69, 9.17) is 0 Å². The van der Waals surface area contributed by atoms with E-state index in [-0.39, 0.29) is 0 Å². The number of rotatable bonds is 5. The molecule has 1 unspecified atom stereocenters. The Bertz CT molecular complexity index is 406. The lowest BCUT2D eigenvalue weighted by atomic mass is 9.80. The highest BCUT2D eigenvalue weighted by molar-refractivity contribution is 5.38. The van der Waals surface area contributed by atoms with Crippen molar-refractivity contribution in [2.24, 2.45) is 5.92 Å². The zero-order chi connectivity index (χ0) is 14.5. The highest BCUT2D eigenvalue weighted by Gasteiger charge is 2.24. The average Bonchev–Trinajstić information content (AvgIpc) is 2.42. The van der Waals surface area contributed by atoms with Gasteiger partial charge in [-0.1, -0.05) is 43.9 Å². The topological polar surface area (TPSA) is 12.0 Å². The molecule has 1 saturated carbocycles. The molecule has 0 heterocycles. The zero-order valence-corrected chi connectivity index (χ0v) is 13.8. The van der Waals surface area contributed by atoms with Crippen molar-refractivity contribution >= 4 is 0 Å². The first kappa shape index (κ1) is 15.6. The summed E-state index contributed by atoms with van der Waals surface area (Å²) in [5.41, 5.74) is 5.91. The van der Waals surface area contributed by atoms with Crippen molar-refractivity contribution in [3.05, 3.63) is 34.4 Å². The third-order valence-corrected chi connectivity index (χ3v) is 4.95. The molecule has 0 aromatic heterocycles. The van der Waals surface area contributed by atoms with Gasteiger partial charge in [-0.2, -0.15) is 0 Å². The molecule has 2 rings (SSSR count). The summed E-state index contributed by atoms with van der Waals surface area (Å²) in [7, 11) is 0. The van der Waals surface area contributed by atoms with Crippen LogP contribution in [0.4, 0.5) is 0 Å². The molecule has 0 aliphatic heterocycles. The van der Waals surface area contributed by atoms with Crippen molar-refractivity contribution in [1.82, 2.24) is 5.32 Å². The molecule has 0 saturated heterocycles. The molecule has 1 aromatic rings. The van der Waals surface area contributed by atoms with Gasteiger partial charge in [0.15, 0.2) is 0 Å². The van der Waals surface area contributed by atoms with Gasteiger partial charge >= 0.3 is 0 Å². The Labute approximate surface area is 125 Å². The zero-order valence-electron chi connectivity index (χ0n) is 13.8. The number of hydrogen-bond acceptors (Lipinski definition) is 1. The van der Waals surface area contributed by atoms with Gasteiger partial charge in [0.2, 0.25) is 0 Å². The van der Waals surface area contributed by atoms with Crippen molar-refractivity contribution in [3.63, 3.8) is 0 Å². The van der Waals surface area contributed by atoms with E-state index in [9.17, 15) is 0 Å². The van der Waals surface area contributed by atoms with Gasteiger partial charge in [-0.25, -0.2) is 0 Å². The van der Waals surface area contributed by atoms with Gasteiger partial charge in [-0.15, -0.1) is 0 Å². The van der Waals surface area contributed by atoms with E-state index in [0.717, 1.165) is 12.5 Å². The maximum absolute atomic E-state index is 3.77. The van der Waals surface area contributed by atoms with Crippen LogP contribution in [0.1, 0.15) is 61.3 Å². The Morgan fingerprint density at radius 2 is 1.65 bits per heavy atom. The standard InChI is InChI=1S/C19H31N/c1-5-20-19(17-9-7-6-8-10-17)13-18-15(3)11-14(2)12-16(18)4/h11-12,17,19-20H,5-10,13H2,1-4H3. The van der Waals surface area contributed by atoms with E-state index >= 15 is 0 Å². The molecule has 1 aromatic carbocycles. The second kappa shape index (κ2) is 7.26. The first-order valence-corrected chi connectivity index (χ1v) is 8.42. The lowest BCUT2D eigenvalue weighted by Gasteiger charge is -2.32. The van der Waals surface area contributed by atoms with Gasteiger partial charge in [0.05, 0.1) is 0 Å². The summed E-state index contributed by atoms with van der Waals surface area (Å²) in [5, 5.41) is 3.77. The number of likely N-dealkylation sites (N-methyl/N-ethyl adjacent to an activating group) is 1. The van der Waals surface area contributed by atoms with E-state index in [1.165, 1.54) is 55.2 Å². The van der Waals surface area contributed by atoms with Crippen molar-refractivity contribution < 1.29 is 0 Å². The lowest BCUT2D eigenvalue weighted by Crippen LogP contribution is -2.39. The molecule has 1 aliphatic carbocycles. The summed E-state index contributed by atoms with van der Waals surface area (Å²) in [4.78, 5) is 0. The monoisotopic (exact) mass is 273 g/mol. The van der Waals surface area contributed by atoms with Crippen LogP contribution in [0.5, 0.6) is 0 Å². The maximum Gasteiger partial charge on any atom is 0.0136 e. The van der Waals surface area contributed by atoms with E-state index in [2.05, 4.69) is 45.1 Å². The van der Waals surface area contributed by atoms with Crippen molar-refractivity contribution in [1.29, 1.82) is 0 Å². The van der Waals surface area contributed by atoms with Crippen LogP contribution in [0, 0.1) is 26.7 Å². The first-order valence-electron chi connectivity index (χ1n) is 8.42. The predicted molar refractivity (Wildman–Crippen MR) is 88.4 cm³/mol. The summed E-state index contributed by atoms with van der Waals surface area (Å²) in [5.74, 6) is 0.879. The molecule has 20 heavy (non-hydrogen) atoms. The highest BCUT2D eigenvalue weighted by Crippen LogP contribution is 2.29. The van der Waals surface area contributed by atoms with Gasteiger partial charge in [0.25, 0.3) is 0 Å². The van der Waals surface area contributed by atoms with E-state index < -0.39 is 0 Å². The molecule has 1 atom stereocenters. The fourth-order valence-electron chi connectivity index (χ4n) is 3.96. The molecular weight excluding hydrogens is 242 g/mol. The van der Waals surface area contributed by atoms with Crippen molar-refractivity contribution in [2.75, 3.05) is 6.54 Å². The highest BCUT2D eigenvalue weighted by atomic mass is 14.9. The summed E-state index contributed by atoms with van der Waals surface area (Å²) in [6.45, 7) is 10.1. The summed E-state index contributed by atoms with van der Waals surface area (Å²) in [6, 6.07) is 5.35. The van der Waals surface area contributed by atoms with Crippen LogP contribution in [0.25, 0.3) is 0 Å². The Morgan fingerprint density at radius 3 is 2.20 bits per heavy atom. The molecule has 1 aliphatic rings. The number of hydrogen-bond donors (Lipinski definition) is 1. The summed E-state index contributed by atoms with van der Waals surface area (Å²) >= 11 is 0. The molecule has 0 spiro atoms. The molecule has 1 heteroatoms. The van der Waals surface area contributed by atoms with Crippen molar-refractivity contribution in [2.45, 2.75) is 72.3 Å². The van der Waals surface area contributed by atoms with Crippen LogP contribution in [0.2, 0.25) is 0 Å². The van der Waals surface area contributed by atoms with Crippen LogP contribution in [-0.4, -0.2) is 12.6 Å². The Balaban J connectivity index is 2.15. The minimum atomic E-state index is 0.667. The van der Waals surface area contributed by atoms with E-state index in [1.807, 2.05) is 0 Å². The molecule has 0 bridgehead atoms. The largest absolute Gasteiger partial charge is 0.314 e. The van der Waals surface area contributed by atoms with Crippen molar-refractivity contribution in [3.8, 4) is 0 Å². The summed E-state index contributed by atoms with van der Waals surface area (Å²) in [6.07, 6.45) is 8.34. The Morgan fingerprint density at radius 1 is 1.05 bits per heavy atom. The predicted octanol–water partition coefficient (Wildman–Crippen LogP) is 4.71. The minimum absolute atomic E-state index is 0.667. The third-order valence-electron chi connectivity index (χ3n) is 4.95. The number of nitrogens with one attached hydrogen (secondary N) is 1. The van der Waals surface area contributed by atoms with Crippen LogP contribution >= 0.6 is 0 Å². The fourth-order valence-corrected chi connectivity index (χ4v) is 3.96. The van der Waals surface area contributed by atoms with Crippen LogP contribution in [-0.2, 0) is 6.42 Å². The molecule has 0 amide bonds. The molecular formula is C19H31N. The SMILES string of the molecule is CCNC(Cc1c(C)cc(C)cc1C)C1CCCCC1. The lowest BCUT2D eigenvalue weighted by molar-refractivity contribution is 0.269. The Hall–Kier alpha value is -0.820. The van der Waals surface area contributed by atoms with E-state index in [0.29, 0.717) is 6.04 Å². The number of aryl methyl sites for hydroxylation is 3. The maximum atomic E-state index is 3.77. The van der Waals surface area contributed by atoms with Gasteiger partial charge < -0.3 is 5.32 Å². The van der Waals surface area contributed by atoms with Gasteiger partial charge in [-0.05, 0) is 69.2 Å². The second-order valence-corrected chi connectivity index (χ2v) is 6.64. The molecule has 1 fully saturated rings. The van der Waals surface area contributed by atoms with Gasteiger partial charge in [-0.3, -0.25) is 0 Å². The fraction of sp³-hybridized carbons (Fsp3) is 0.684.